The molecule has 14 heteroatoms. The molecule has 230 valence electrons. The van der Waals surface area contributed by atoms with E-state index in [0.717, 1.165) is 12.1 Å². The van der Waals surface area contributed by atoms with Crippen LogP contribution in [0.2, 0.25) is 0 Å². The Hall–Kier alpha value is -4.17. The lowest BCUT2D eigenvalue weighted by atomic mass is 10.1. The molecule has 0 aliphatic carbocycles. The molecule has 3 aromatic rings. The molecule has 1 fully saturated rings. The third kappa shape index (κ3) is 8.67. The highest BCUT2D eigenvalue weighted by atomic mass is 32.1. The number of methoxy groups -OCH3 is 2. The minimum absolute atomic E-state index is 0.0197. The third-order valence-electron chi connectivity index (χ3n) is 6.83. The number of hydrogen-bond acceptors (Lipinski definition) is 8. The summed E-state index contributed by atoms with van der Waals surface area (Å²) in [7, 11) is 3.03. The minimum Gasteiger partial charge on any atom is -0.497 e. The SMILES string of the molecule is COCCN(CC(=O)Nc1nc(CC(=O)N2CCN(c3cccc(C(F)(F)F)c3)CC2)cs1)C(=O)c1ccc(OC)cc1. The summed E-state index contributed by atoms with van der Waals surface area (Å²) < 4.78 is 49.5. The molecule has 2 heterocycles. The number of carbonyl (C=O) groups excluding carboxylic acids is 3. The molecular weight excluding hydrogens is 587 g/mol. The summed E-state index contributed by atoms with van der Waals surface area (Å²) in [6.07, 6.45) is -4.40. The van der Waals surface area contributed by atoms with Crippen LogP contribution in [0.25, 0.3) is 0 Å². The van der Waals surface area contributed by atoms with Crippen molar-refractivity contribution in [3.8, 4) is 5.75 Å². The van der Waals surface area contributed by atoms with Crippen LogP contribution < -0.4 is 15.0 Å². The van der Waals surface area contributed by atoms with Gasteiger partial charge in [-0.05, 0) is 42.5 Å². The molecule has 0 spiro atoms. The molecule has 1 aliphatic heterocycles. The smallest absolute Gasteiger partial charge is 0.416 e. The zero-order valence-corrected chi connectivity index (χ0v) is 24.5. The Bertz CT molecular complexity index is 1410. The monoisotopic (exact) mass is 619 g/mol. The Kier molecular flexibility index (Phi) is 10.6. The van der Waals surface area contributed by atoms with Crippen molar-refractivity contribution in [2.45, 2.75) is 12.6 Å². The molecule has 0 saturated carbocycles. The Morgan fingerprint density at radius 1 is 1.05 bits per heavy atom. The molecule has 0 radical (unpaired) electrons. The molecule has 0 atom stereocenters. The fourth-order valence-electron chi connectivity index (χ4n) is 4.51. The van der Waals surface area contributed by atoms with Gasteiger partial charge in [0.2, 0.25) is 11.8 Å². The fraction of sp³-hybridized carbons (Fsp3) is 0.379. The number of rotatable bonds is 11. The molecule has 0 unspecified atom stereocenters. The van der Waals surface area contributed by atoms with Gasteiger partial charge in [-0.2, -0.15) is 13.2 Å². The maximum absolute atomic E-state index is 13.1. The number of alkyl halides is 3. The van der Waals surface area contributed by atoms with E-state index in [2.05, 4.69) is 10.3 Å². The maximum Gasteiger partial charge on any atom is 0.416 e. The summed E-state index contributed by atoms with van der Waals surface area (Å²) in [6, 6.07) is 11.7. The van der Waals surface area contributed by atoms with E-state index in [1.165, 1.54) is 36.5 Å². The molecule has 3 amide bonds. The van der Waals surface area contributed by atoms with Gasteiger partial charge in [-0.25, -0.2) is 4.98 Å². The van der Waals surface area contributed by atoms with E-state index >= 15 is 0 Å². The molecule has 1 saturated heterocycles. The summed E-state index contributed by atoms with van der Waals surface area (Å²) >= 11 is 1.17. The number of amides is 3. The lowest BCUT2D eigenvalue weighted by Gasteiger charge is -2.36. The summed E-state index contributed by atoms with van der Waals surface area (Å²) in [6.45, 7) is 1.75. The first kappa shape index (κ1) is 31.8. The van der Waals surface area contributed by atoms with Crippen molar-refractivity contribution in [1.82, 2.24) is 14.8 Å². The van der Waals surface area contributed by atoms with E-state index < -0.39 is 17.6 Å². The average molecular weight is 620 g/mol. The maximum atomic E-state index is 13.1. The van der Waals surface area contributed by atoms with Gasteiger partial charge in [-0.15, -0.1) is 11.3 Å². The summed E-state index contributed by atoms with van der Waals surface area (Å²) in [5.41, 5.74) is 0.640. The quantitative estimate of drug-likeness (QED) is 0.348. The number of ether oxygens (including phenoxy) is 2. The molecule has 1 aliphatic rings. The number of aromatic nitrogens is 1. The van der Waals surface area contributed by atoms with Crippen LogP contribution in [0, 0.1) is 0 Å². The lowest BCUT2D eigenvalue weighted by molar-refractivity contribution is -0.137. The summed E-state index contributed by atoms with van der Waals surface area (Å²) in [5, 5.41) is 4.66. The van der Waals surface area contributed by atoms with Crippen LogP contribution in [-0.4, -0.2) is 92.6 Å². The van der Waals surface area contributed by atoms with Gasteiger partial charge in [0.25, 0.3) is 5.91 Å². The van der Waals surface area contributed by atoms with Crippen molar-refractivity contribution in [3.05, 3.63) is 70.7 Å². The van der Waals surface area contributed by atoms with Crippen molar-refractivity contribution >= 4 is 39.9 Å². The average Bonchev–Trinajstić information content (AvgIpc) is 3.44. The Morgan fingerprint density at radius 3 is 2.42 bits per heavy atom. The lowest BCUT2D eigenvalue weighted by Crippen LogP contribution is -2.49. The molecular formula is C29H32F3N5O5S. The Labute approximate surface area is 251 Å². The minimum atomic E-state index is -4.42. The fourth-order valence-corrected chi connectivity index (χ4v) is 5.23. The first-order valence-corrected chi connectivity index (χ1v) is 14.3. The first-order chi connectivity index (χ1) is 20.6. The Morgan fingerprint density at radius 2 is 1.77 bits per heavy atom. The van der Waals surface area contributed by atoms with E-state index in [-0.39, 0.29) is 37.9 Å². The van der Waals surface area contributed by atoms with Crippen molar-refractivity contribution < 1.29 is 37.0 Å². The van der Waals surface area contributed by atoms with Crippen LogP contribution in [-0.2, 0) is 26.9 Å². The van der Waals surface area contributed by atoms with Gasteiger partial charge < -0.3 is 29.5 Å². The number of thiazole rings is 1. The van der Waals surface area contributed by atoms with E-state index in [1.54, 1.807) is 40.6 Å². The van der Waals surface area contributed by atoms with Crippen molar-refractivity contribution in [2.24, 2.45) is 0 Å². The zero-order valence-electron chi connectivity index (χ0n) is 23.7. The van der Waals surface area contributed by atoms with Crippen molar-refractivity contribution in [2.75, 3.05) is 70.3 Å². The van der Waals surface area contributed by atoms with Gasteiger partial charge in [0.1, 0.15) is 12.3 Å². The molecule has 43 heavy (non-hydrogen) atoms. The topological polar surface area (TPSA) is 104 Å². The van der Waals surface area contributed by atoms with Crippen LogP contribution in [0.4, 0.5) is 24.0 Å². The predicted molar refractivity (Wildman–Crippen MR) is 155 cm³/mol. The van der Waals surface area contributed by atoms with Crippen LogP contribution in [0.3, 0.4) is 0 Å². The molecule has 10 nitrogen and oxygen atoms in total. The second-order valence-electron chi connectivity index (χ2n) is 9.73. The van der Waals surface area contributed by atoms with Crippen LogP contribution in [0.15, 0.2) is 53.9 Å². The second-order valence-corrected chi connectivity index (χ2v) is 10.6. The standard InChI is InChI=1S/C29H32F3N5O5S/c1-41-15-14-37(27(40)20-6-8-24(42-2)9-7-20)18-25(38)34-28-33-22(19-43-28)17-26(39)36-12-10-35(11-13-36)23-5-3-4-21(16-23)29(30,31)32/h3-9,16,19H,10-15,17-18H2,1-2H3,(H,33,34,38). The number of carbonyl (C=O) groups is 3. The predicted octanol–water partition coefficient (Wildman–Crippen LogP) is 3.79. The van der Waals surface area contributed by atoms with E-state index in [4.69, 9.17) is 9.47 Å². The number of piperazine rings is 1. The van der Waals surface area contributed by atoms with Gasteiger partial charge in [0.05, 0.1) is 31.4 Å². The van der Waals surface area contributed by atoms with Gasteiger partial charge in [0, 0.05) is 56.5 Å². The van der Waals surface area contributed by atoms with E-state index in [1.807, 2.05) is 4.90 Å². The second kappa shape index (κ2) is 14.3. The van der Waals surface area contributed by atoms with E-state index in [9.17, 15) is 27.6 Å². The highest BCUT2D eigenvalue weighted by molar-refractivity contribution is 7.13. The number of nitrogens with zero attached hydrogens (tertiary/aromatic N) is 4. The Balaban J connectivity index is 1.28. The van der Waals surface area contributed by atoms with Gasteiger partial charge >= 0.3 is 6.18 Å². The van der Waals surface area contributed by atoms with Crippen molar-refractivity contribution in [3.63, 3.8) is 0 Å². The number of benzene rings is 2. The number of halogens is 3. The summed E-state index contributed by atoms with van der Waals surface area (Å²) in [5.74, 6) is -0.347. The summed E-state index contributed by atoms with van der Waals surface area (Å²) in [4.78, 5) is 47.9. The third-order valence-corrected chi connectivity index (χ3v) is 7.63. The van der Waals surface area contributed by atoms with E-state index in [0.29, 0.717) is 54.0 Å². The van der Waals surface area contributed by atoms with Crippen LogP contribution in [0.1, 0.15) is 21.6 Å². The van der Waals surface area contributed by atoms with Crippen LogP contribution in [0.5, 0.6) is 5.75 Å². The molecule has 2 aromatic carbocycles. The van der Waals surface area contributed by atoms with Gasteiger partial charge in [-0.1, -0.05) is 6.07 Å². The number of hydrogen-bond donors (Lipinski definition) is 1. The van der Waals surface area contributed by atoms with Gasteiger partial charge in [-0.3, -0.25) is 14.4 Å². The highest BCUT2D eigenvalue weighted by Crippen LogP contribution is 2.32. The zero-order chi connectivity index (χ0) is 31.0. The van der Waals surface area contributed by atoms with Crippen LogP contribution >= 0.6 is 11.3 Å². The molecule has 1 aromatic heterocycles. The number of anilines is 2. The first-order valence-electron chi connectivity index (χ1n) is 13.4. The normalized spacial score (nSPS) is 13.5. The molecule has 1 N–H and O–H groups in total. The molecule has 0 bridgehead atoms. The number of nitrogens with one attached hydrogen (secondary N) is 1. The largest absolute Gasteiger partial charge is 0.497 e. The van der Waals surface area contributed by atoms with Crippen molar-refractivity contribution in [1.29, 1.82) is 0 Å². The highest BCUT2D eigenvalue weighted by Gasteiger charge is 2.31. The van der Waals surface area contributed by atoms with Gasteiger partial charge in [0.15, 0.2) is 5.13 Å². The molecule has 4 rings (SSSR count).